The lowest BCUT2D eigenvalue weighted by Crippen LogP contribution is -2.37. The van der Waals surface area contributed by atoms with Gasteiger partial charge < -0.3 is 10.1 Å². The molecule has 13 heteroatoms. The number of ether oxygens (including phenoxy) is 1. The molecule has 1 heterocycles. The third-order valence-corrected chi connectivity index (χ3v) is 5.51. The fourth-order valence-electron chi connectivity index (χ4n) is 2.80. The minimum Gasteiger partial charge on any atom is -0.435 e. The van der Waals surface area contributed by atoms with E-state index in [1.54, 1.807) is 0 Å². The Balaban J connectivity index is 1.62. The fraction of sp³-hybridized carbons (Fsp3) is 0.150. The van der Waals surface area contributed by atoms with Crippen molar-refractivity contribution in [3.8, 4) is 5.75 Å². The molecule has 3 amide bonds. The summed E-state index contributed by atoms with van der Waals surface area (Å²) in [5.74, 6) is -1.41. The van der Waals surface area contributed by atoms with E-state index in [-0.39, 0.29) is 40.0 Å². The average Bonchev–Trinajstić information content (AvgIpc) is 3.01. The van der Waals surface area contributed by atoms with Crippen LogP contribution >= 0.6 is 23.4 Å². The molecule has 0 radical (unpaired) electrons. The van der Waals surface area contributed by atoms with Crippen LogP contribution in [0.3, 0.4) is 0 Å². The van der Waals surface area contributed by atoms with Gasteiger partial charge in [0.15, 0.2) is 0 Å². The van der Waals surface area contributed by atoms with Gasteiger partial charge in [0, 0.05) is 24.7 Å². The average molecular weight is 498 g/mol. The number of thioether (sulfide) groups is 1. The Kier molecular flexibility index (Phi) is 7.61. The number of nitrogens with zero attached hydrogens (tertiary/aromatic N) is 2. The molecule has 1 aliphatic rings. The normalized spacial score (nSPS) is 14.8. The number of imide groups is 1. The zero-order chi connectivity index (χ0) is 24.1. The van der Waals surface area contributed by atoms with Crippen LogP contribution in [0.5, 0.6) is 5.75 Å². The fourth-order valence-corrected chi connectivity index (χ4v) is 3.85. The van der Waals surface area contributed by atoms with Crippen LogP contribution in [0.1, 0.15) is 15.9 Å². The van der Waals surface area contributed by atoms with Gasteiger partial charge in [-0.15, -0.1) is 0 Å². The van der Waals surface area contributed by atoms with E-state index in [1.165, 1.54) is 42.5 Å². The number of rotatable bonds is 8. The van der Waals surface area contributed by atoms with Crippen molar-refractivity contribution in [1.82, 2.24) is 10.2 Å². The van der Waals surface area contributed by atoms with Gasteiger partial charge >= 0.3 is 6.61 Å². The van der Waals surface area contributed by atoms with Crippen LogP contribution in [0, 0.1) is 10.1 Å². The Morgan fingerprint density at radius 3 is 2.73 bits per heavy atom. The molecule has 0 atom stereocenters. The summed E-state index contributed by atoms with van der Waals surface area (Å²) < 4.78 is 28.9. The van der Waals surface area contributed by atoms with E-state index in [0.717, 1.165) is 11.0 Å². The summed E-state index contributed by atoms with van der Waals surface area (Å²) in [5, 5.41) is 12.9. The first-order chi connectivity index (χ1) is 15.7. The van der Waals surface area contributed by atoms with Crippen molar-refractivity contribution in [3.05, 3.63) is 73.6 Å². The zero-order valence-corrected chi connectivity index (χ0v) is 18.1. The highest BCUT2D eigenvalue weighted by Gasteiger charge is 2.34. The molecule has 172 valence electrons. The summed E-state index contributed by atoms with van der Waals surface area (Å²) in [6, 6.07) is 9.13. The lowest BCUT2D eigenvalue weighted by molar-refractivity contribution is -0.384. The van der Waals surface area contributed by atoms with Gasteiger partial charge in [0.05, 0.1) is 9.83 Å². The standard InChI is InChI=1S/C20H14ClF2N3O6S/c21-14-5-4-11(8-15(14)26(30)31)9-16-18(28)25(20(29)33-16)7-6-24-17(27)12-2-1-3-13(10-12)32-19(22)23/h1-5,8-10,19H,6-7H2,(H,24,27)/b16-9-. The molecule has 1 N–H and O–H groups in total. The monoisotopic (exact) mass is 497 g/mol. The van der Waals surface area contributed by atoms with E-state index in [9.17, 15) is 33.3 Å². The SMILES string of the molecule is O=C(NCCN1C(=O)S/C(=C\c2ccc(Cl)c([N+](=O)[O-])c2)C1=O)c1cccc(OC(F)F)c1. The number of carbonyl (C=O) groups excluding carboxylic acids is 3. The van der Waals surface area contributed by atoms with Crippen molar-refractivity contribution in [2.75, 3.05) is 13.1 Å². The van der Waals surface area contributed by atoms with Gasteiger partial charge in [0.25, 0.3) is 22.7 Å². The van der Waals surface area contributed by atoms with Crippen molar-refractivity contribution < 1.29 is 32.8 Å². The van der Waals surface area contributed by atoms with Crippen LogP contribution in [0.25, 0.3) is 6.08 Å². The minimum absolute atomic E-state index is 0.0554. The third-order valence-electron chi connectivity index (χ3n) is 4.28. The van der Waals surface area contributed by atoms with Gasteiger partial charge in [-0.3, -0.25) is 29.4 Å². The van der Waals surface area contributed by atoms with Crippen LogP contribution in [0.4, 0.5) is 19.3 Å². The topological polar surface area (TPSA) is 119 Å². The van der Waals surface area contributed by atoms with Crippen molar-refractivity contribution in [3.63, 3.8) is 0 Å². The molecule has 2 aromatic rings. The molecule has 1 saturated heterocycles. The van der Waals surface area contributed by atoms with Crippen LogP contribution < -0.4 is 10.1 Å². The Bertz CT molecular complexity index is 1160. The Labute approximate surface area is 194 Å². The van der Waals surface area contributed by atoms with Crippen molar-refractivity contribution in [2.24, 2.45) is 0 Å². The number of benzene rings is 2. The van der Waals surface area contributed by atoms with Gasteiger partial charge in [-0.05, 0) is 47.7 Å². The van der Waals surface area contributed by atoms with Crippen molar-refractivity contribution in [2.45, 2.75) is 6.61 Å². The predicted octanol–water partition coefficient (Wildman–Crippen LogP) is 4.32. The summed E-state index contributed by atoms with van der Waals surface area (Å²) >= 11 is 6.42. The van der Waals surface area contributed by atoms with E-state index in [0.29, 0.717) is 17.3 Å². The third kappa shape index (κ3) is 6.05. The summed E-state index contributed by atoms with van der Waals surface area (Å²) in [5.41, 5.74) is 0.0395. The van der Waals surface area contributed by atoms with Gasteiger partial charge in [0.1, 0.15) is 10.8 Å². The first kappa shape index (κ1) is 24.1. The van der Waals surface area contributed by atoms with Crippen molar-refractivity contribution in [1.29, 1.82) is 0 Å². The number of hydrogen-bond donors (Lipinski definition) is 1. The summed E-state index contributed by atoms with van der Waals surface area (Å²) in [4.78, 5) is 48.3. The molecule has 2 aromatic carbocycles. The number of nitro benzene ring substituents is 1. The summed E-state index contributed by atoms with van der Waals surface area (Å²) in [6.07, 6.45) is 1.33. The van der Waals surface area contributed by atoms with Gasteiger partial charge in [-0.2, -0.15) is 8.78 Å². The number of hydrogen-bond acceptors (Lipinski definition) is 7. The lowest BCUT2D eigenvalue weighted by atomic mass is 10.2. The molecular formula is C20H14ClF2N3O6S. The van der Waals surface area contributed by atoms with Crippen LogP contribution in [-0.4, -0.2) is 46.6 Å². The molecule has 9 nitrogen and oxygen atoms in total. The van der Waals surface area contributed by atoms with E-state index in [1.807, 2.05) is 0 Å². The van der Waals surface area contributed by atoms with Gasteiger partial charge in [-0.1, -0.05) is 23.7 Å². The second-order valence-corrected chi connectivity index (χ2v) is 7.86. The molecule has 1 fully saturated rings. The van der Waals surface area contributed by atoms with Crippen LogP contribution in [-0.2, 0) is 4.79 Å². The first-order valence-corrected chi connectivity index (χ1v) is 10.4. The summed E-state index contributed by atoms with van der Waals surface area (Å²) in [7, 11) is 0. The highest BCUT2D eigenvalue weighted by atomic mass is 35.5. The summed E-state index contributed by atoms with van der Waals surface area (Å²) in [6.45, 7) is -3.26. The van der Waals surface area contributed by atoms with Gasteiger partial charge in [0.2, 0.25) is 0 Å². The second kappa shape index (κ2) is 10.4. The lowest BCUT2D eigenvalue weighted by Gasteiger charge is -2.13. The maximum atomic E-state index is 12.6. The number of nitrogens with one attached hydrogen (secondary N) is 1. The molecule has 0 saturated carbocycles. The molecule has 0 spiro atoms. The molecule has 33 heavy (non-hydrogen) atoms. The van der Waals surface area contributed by atoms with E-state index >= 15 is 0 Å². The Hall–Kier alpha value is -3.51. The molecule has 0 aliphatic carbocycles. The van der Waals surface area contributed by atoms with E-state index in [4.69, 9.17) is 11.6 Å². The van der Waals surface area contributed by atoms with Crippen molar-refractivity contribution >= 4 is 52.2 Å². The van der Waals surface area contributed by atoms with E-state index < -0.39 is 28.6 Å². The molecule has 0 bridgehead atoms. The minimum atomic E-state index is -3.03. The number of halogens is 3. The molecule has 0 unspecified atom stereocenters. The first-order valence-electron chi connectivity index (χ1n) is 9.18. The highest BCUT2D eigenvalue weighted by molar-refractivity contribution is 8.18. The number of amides is 3. The maximum absolute atomic E-state index is 12.6. The van der Waals surface area contributed by atoms with E-state index in [2.05, 4.69) is 10.1 Å². The quantitative estimate of drug-likeness (QED) is 0.328. The molecule has 3 rings (SSSR count). The second-order valence-electron chi connectivity index (χ2n) is 6.46. The predicted molar refractivity (Wildman–Crippen MR) is 116 cm³/mol. The highest BCUT2D eigenvalue weighted by Crippen LogP contribution is 2.33. The van der Waals surface area contributed by atoms with Crippen LogP contribution in [0.2, 0.25) is 5.02 Å². The zero-order valence-electron chi connectivity index (χ0n) is 16.5. The maximum Gasteiger partial charge on any atom is 0.387 e. The molecule has 0 aromatic heterocycles. The number of nitro groups is 1. The van der Waals surface area contributed by atoms with Crippen LogP contribution in [0.15, 0.2) is 47.4 Å². The Morgan fingerprint density at radius 1 is 1.27 bits per heavy atom. The smallest absolute Gasteiger partial charge is 0.387 e. The number of carbonyl (C=O) groups is 3. The molecular weight excluding hydrogens is 484 g/mol. The largest absolute Gasteiger partial charge is 0.435 e. The number of alkyl halides is 2. The molecule has 1 aliphatic heterocycles. The Morgan fingerprint density at radius 2 is 2.03 bits per heavy atom. The van der Waals surface area contributed by atoms with Gasteiger partial charge in [-0.25, -0.2) is 0 Å².